The first kappa shape index (κ1) is 19.0. The SMILES string of the molecule is Cn1c(Cc2cccc(C#N)c2)nc2cc(OC3CCC(C(=O)O)CC3)ccc21. The Kier molecular flexibility index (Phi) is 5.22. The van der Waals surface area contributed by atoms with Gasteiger partial charge in [-0.3, -0.25) is 4.79 Å². The van der Waals surface area contributed by atoms with Crippen LogP contribution < -0.4 is 4.74 Å². The summed E-state index contributed by atoms with van der Waals surface area (Å²) in [7, 11) is 1.99. The van der Waals surface area contributed by atoms with Gasteiger partial charge in [0.2, 0.25) is 0 Å². The van der Waals surface area contributed by atoms with Gasteiger partial charge in [0.25, 0.3) is 0 Å². The molecule has 6 heteroatoms. The highest BCUT2D eigenvalue weighted by molar-refractivity contribution is 5.77. The van der Waals surface area contributed by atoms with Crippen molar-refractivity contribution in [2.45, 2.75) is 38.2 Å². The van der Waals surface area contributed by atoms with Crippen molar-refractivity contribution >= 4 is 17.0 Å². The van der Waals surface area contributed by atoms with Gasteiger partial charge in [-0.2, -0.15) is 5.26 Å². The highest BCUT2D eigenvalue weighted by atomic mass is 16.5. The fourth-order valence-corrected chi connectivity index (χ4v) is 4.01. The third-order valence-corrected chi connectivity index (χ3v) is 5.69. The predicted molar refractivity (Wildman–Crippen MR) is 109 cm³/mol. The number of hydrogen-bond donors (Lipinski definition) is 1. The van der Waals surface area contributed by atoms with Gasteiger partial charge in [0.15, 0.2) is 0 Å². The number of nitrogens with zero attached hydrogens (tertiary/aromatic N) is 3. The molecular weight excluding hydrogens is 366 g/mol. The third kappa shape index (κ3) is 4.09. The first-order valence-electron chi connectivity index (χ1n) is 9.87. The molecule has 3 aromatic rings. The number of hydrogen-bond acceptors (Lipinski definition) is 4. The van der Waals surface area contributed by atoms with Gasteiger partial charge in [-0.25, -0.2) is 4.98 Å². The largest absolute Gasteiger partial charge is 0.490 e. The number of rotatable bonds is 5. The van der Waals surface area contributed by atoms with Gasteiger partial charge in [-0.05, 0) is 55.5 Å². The fraction of sp³-hybridized carbons (Fsp3) is 0.348. The third-order valence-electron chi connectivity index (χ3n) is 5.69. The zero-order valence-corrected chi connectivity index (χ0v) is 16.3. The van der Waals surface area contributed by atoms with E-state index in [2.05, 4.69) is 10.6 Å². The van der Waals surface area contributed by atoms with Crippen molar-refractivity contribution in [2.75, 3.05) is 0 Å². The van der Waals surface area contributed by atoms with Crippen LogP contribution in [0.4, 0.5) is 0 Å². The number of aliphatic carboxylic acids is 1. The molecule has 0 atom stereocenters. The quantitative estimate of drug-likeness (QED) is 0.711. The summed E-state index contributed by atoms with van der Waals surface area (Å²) >= 11 is 0. The summed E-state index contributed by atoms with van der Waals surface area (Å²) in [4.78, 5) is 15.9. The van der Waals surface area contributed by atoms with Gasteiger partial charge in [0.05, 0.1) is 34.7 Å². The molecule has 0 spiro atoms. The molecule has 1 heterocycles. The standard InChI is InChI=1S/C23H23N3O3/c1-26-21-10-9-19(29-18-7-5-17(6-8-18)23(27)28)13-20(21)25-22(26)12-15-3-2-4-16(11-15)14-24/h2-4,9-11,13,17-18H,5-8,12H2,1H3,(H,27,28). The van der Waals surface area contributed by atoms with Crippen LogP contribution in [-0.4, -0.2) is 26.7 Å². The van der Waals surface area contributed by atoms with Crippen molar-refractivity contribution < 1.29 is 14.6 Å². The number of carbonyl (C=O) groups is 1. The number of carboxylic acids is 1. The molecule has 1 N–H and O–H groups in total. The molecule has 148 valence electrons. The molecule has 0 aliphatic heterocycles. The number of imidazole rings is 1. The van der Waals surface area contributed by atoms with E-state index in [1.165, 1.54) is 0 Å². The lowest BCUT2D eigenvalue weighted by Crippen LogP contribution is -2.27. The van der Waals surface area contributed by atoms with Gasteiger partial charge in [0.1, 0.15) is 11.6 Å². The molecule has 0 saturated heterocycles. The maximum Gasteiger partial charge on any atom is 0.306 e. The Morgan fingerprint density at radius 2 is 2.03 bits per heavy atom. The smallest absolute Gasteiger partial charge is 0.306 e. The highest BCUT2D eigenvalue weighted by Crippen LogP contribution is 2.29. The molecule has 1 fully saturated rings. The Hall–Kier alpha value is -3.33. The Bertz CT molecular complexity index is 1090. The maximum atomic E-state index is 11.1. The topological polar surface area (TPSA) is 88.1 Å². The molecule has 0 bridgehead atoms. The van der Waals surface area contributed by atoms with Gasteiger partial charge >= 0.3 is 5.97 Å². The Morgan fingerprint density at radius 3 is 2.76 bits per heavy atom. The summed E-state index contributed by atoms with van der Waals surface area (Å²) in [6.07, 6.45) is 3.56. The summed E-state index contributed by atoms with van der Waals surface area (Å²) < 4.78 is 8.18. The molecule has 1 saturated carbocycles. The summed E-state index contributed by atoms with van der Waals surface area (Å²) in [6, 6.07) is 15.7. The van der Waals surface area contributed by atoms with Crippen LogP contribution in [-0.2, 0) is 18.3 Å². The van der Waals surface area contributed by atoms with E-state index in [9.17, 15) is 4.79 Å². The normalized spacial score (nSPS) is 19.0. The minimum atomic E-state index is -0.703. The lowest BCUT2D eigenvalue weighted by Gasteiger charge is -2.26. The molecule has 6 nitrogen and oxygen atoms in total. The second-order valence-corrected chi connectivity index (χ2v) is 7.66. The molecular formula is C23H23N3O3. The molecule has 0 unspecified atom stereocenters. The van der Waals surface area contributed by atoms with E-state index in [1.807, 2.05) is 43.4 Å². The van der Waals surface area contributed by atoms with Crippen LogP contribution in [0.15, 0.2) is 42.5 Å². The highest BCUT2D eigenvalue weighted by Gasteiger charge is 2.27. The number of aromatic nitrogens is 2. The van der Waals surface area contributed by atoms with Crippen LogP contribution in [0.1, 0.15) is 42.6 Å². The van der Waals surface area contributed by atoms with Crippen LogP contribution >= 0.6 is 0 Å². The van der Waals surface area contributed by atoms with Crippen molar-refractivity contribution in [1.82, 2.24) is 9.55 Å². The summed E-state index contributed by atoms with van der Waals surface area (Å²) in [5, 5.41) is 18.2. The minimum Gasteiger partial charge on any atom is -0.490 e. The van der Waals surface area contributed by atoms with Crippen LogP contribution in [0.3, 0.4) is 0 Å². The average Bonchev–Trinajstić information content (AvgIpc) is 3.03. The number of ether oxygens (including phenoxy) is 1. The summed E-state index contributed by atoms with van der Waals surface area (Å²) in [6.45, 7) is 0. The first-order chi connectivity index (χ1) is 14.0. The van der Waals surface area contributed by atoms with Crippen molar-refractivity contribution in [3.05, 3.63) is 59.4 Å². The molecule has 4 rings (SSSR count). The van der Waals surface area contributed by atoms with E-state index < -0.39 is 5.97 Å². The monoisotopic (exact) mass is 389 g/mol. The van der Waals surface area contributed by atoms with Gasteiger partial charge in [-0.1, -0.05) is 12.1 Å². The first-order valence-corrected chi connectivity index (χ1v) is 9.87. The van der Waals surface area contributed by atoms with Gasteiger partial charge in [-0.15, -0.1) is 0 Å². The van der Waals surface area contributed by atoms with Crippen molar-refractivity contribution in [1.29, 1.82) is 5.26 Å². The van der Waals surface area contributed by atoms with E-state index in [0.717, 1.165) is 41.0 Å². The summed E-state index contributed by atoms with van der Waals surface area (Å²) in [5.41, 5.74) is 3.60. The van der Waals surface area contributed by atoms with Crippen molar-refractivity contribution in [3.63, 3.8) is 0 Å². The molecule has 1 aromatic heterocycles. The number of aryl methyl sites for hydroxylation is 1. The van der Waals surface area contributed by atoms with E-state index in [4.69, 9.17) is 20.1 Å². The molecule has 1 aliphatic rings. The average molecular weight is 389 g/mol. The lowest BCUT2D eigenvalue weighted by molar-refractivity contribution is -0.143. The Morgan fingerprint density at radius 1 is 1.24 bits per heavy atom. The Labute approximate surface area is 169 Å². The maximum absolute atomic E-state index is 11.1. The van der Waals surface area contributed by atoms with Crippen LogP contribution in [0.25, 0.3) is 11.0 Å². The van der Waals surface area contributed by atoms with Crippen LogP contribution in [0.5, 0.6) is 5.75 Å². The van der Waals surface area contributed by atoms with Crippen molar-refractivity contribution in [2.24, 2.45) is 13.0 Å². The molecule has 0 radical (unpaired) electrons. The zero-order valence-electron chi connectivity index (χ0n) is 16.3. The second-order valence-electron chi connectivity index (χ2n) is 7.66. The minimum absolute atomic E-state index is 0.0555. The number of carboxylic acid groups (broad SMARTS) is 1. The second kappa shape index (κ2) is 7.96. The van der Waals surface area contributed by atoms with E-state index >= 15 is 0 Å². The van der Waals surface area contributed by atoms with Crippen molar-refractivity contribution in [3.8, 4) is 11.8 Å². The fourth-order valence-electron chi connectivity index (χ4n) is 4.01. The Balaban J connectivity index is 1.50. The van der Waals surface area contributed by atoms with E-state index in [-0.39, 0.29) is 12.0 Å². The molecule has 2 aromatic carbocycles. The lowest BCUT2D eigenvalue weighted by atomic mass is 9.87. The van der Waals surface area contributed by atoms with E-state index in [0.29, 0.717) is 24.8 Å². The number of fused-ring (bicyclic) bond motifs is 1. The van der Waals surface area contributed by atoms with E-state index in [1.54, 1.807) is 6.07 Å². The van der Waals surface area contributed by atoms with Crippen LogP contribution in [0, 0.1) is 17.2 Å². The zero-order chi connectivity index (χ0) is 20.4. The number of nitriles is 1. The summed E-state index contributed by atoms with van der Waals surface area (Å²) in [5.74, 6) is 0.753. The number of benzene rings is 2. The molecule has 1 aliphatic carbocycles. The van der Waals surface area contributed by atoms with Gasteiger partial charge in [0, 0.05) is 19.5 Å². The van der Waals surface area contributed by atoms with Gasteiger partial charge < -0.3 is 14.4 Å². The predicted octanol–water partition coefficient (Wildman–Crippen LogP) is 4.06. The van der Waals surface area contributed by atoms with Crippen LogP contribution in [0.2, 0.25) is 0 Å². The molecule has 29 heavy (non-hydrogen) atoms. The molecule has 0 amide bonds.